The van der Waals surface area contributed by atoms with Gasteiger partial charge in [0.15, 0.2) is 0 Å². The van der Waals surface area contributed by atoms with Crippen LogP contribution in [-0.4, -0.2) is 18.5 Å². The minimum Gasteiger partial charge on any atom is -0.324 e. The molecule has 2 N–H and O–H groups in total. The smallest absolute Gasteiger partial charge is 0.241 e. The Kier molecular flexibility index (Phi) is 3.83. The molecule has 3 rings (SSSR count). The molecule has 1 amide bonds. The van der Waals surface area contributed by atoms with Gasteiger partial charge in [-0.25, -0.2) is 0 Å². The van der Waals surface area contributed by atoms with Gasteiger partial charge in [0.05, 0.1) is 11.7 Å². The number of fused-ring (bicyclic) bond motifs is 1. The summed E-state index contributed by atoms with van der Waals surface area (Å²) < 4.78 is 0.814. The van der Waals surface area contributed by atoms with Crippen LogP contribution in [0.15, 0.2) is 22.7 Å². The zero-order valence-corrected chi connectivity index (χ0v) is 12.8. The number of anilines is 1. The first kappa shape index (κ1) is 13.4. The Morgan fingerprint density at radius 3 is 3.05 bits per heavy atom. The molecule has 0 radical (unpaired) electrons. The van der Waals surface area contributed by atoms with E-state index in [-0.39, 0.29) is 11.9 Å². The topological polar surface area (TPSA) is 41.1 Å². The summed E-state index contributed by atoms with van der Waals surface area (Å²) in [5.74, 6) is 1.26. The SMILES string of the molecule is O=C(Nc1ccc(Cl)cc1Br)C1NCC2CCCC21. The van der Waals surface area contributed by atoms with E-state index in [1.54, 1.807) is 12.1 Å². The number of nitrogens with one attached hydrogen (secondary N) is 2. The van der Waals surface area contributed by atoms with Crippen molar-refractivity contribution >= 4 is 39.1 Å². The summed E-state index contributed by atoms with van der Waals surface area (Å²) in [6, 6.07) is 5.35. The zero-order chi connectivity index (χ0) is 13.4. The molecule has 5 heteroatoms. The Morgan fingerprint density at radius 1 is 1.42 bits per heavy atom. The lowest BCUT2D eigenvalue weighted by molar-refractivity contribution is -0.118. The molecule has 1 aliphatic carbocycles. The summed E-state index contributed by atoms with van der Waals surface area (Å²) in [6.07, 6.45) is 3.68. The molecular weight excluding hydrogens is 328 g/mol. The molecule has 1 aromatic carbocycles. The minimum absolute atomic E-state index is 0.0462. The van der Waals surface area contributed by atoms with Crippen LogP contribution < -0.4 is 10.6 Å². The lowest BCUT2D eigenvalue weighted by Gasteiger charge is -2.18. The van der Waals surface area contributed by atoms with E-state index in [9.17, 15) is 4.79 Å². The average molecular weight is 344 g/mol. The van der Waals surface area contributed by atoms with Crippen molar-refractivity contribution in [2.75, 3.05) is 11.9 Å². The molecule has 1 aliphatic heterocycles. The first-order chi connectivity index (χ1) is 9.15. The van der Waals surface area contributed by atoms with Crippen molar-refractivity contribution in [2.45, 2.75) is 25.3 Å². The summed E-state index contributed by atoms with van der Waals surface area (Å²) in [4.78, 5) is 12.4. The number of amides is 1. The minimum atomic E-state index is -0.0462. The molecule has 2 aliphatic rings. The average Bonchev–Trinajstić information content (AvgIpc) is 2.94. The molecule has 2 fully saturated rings. The third kappa shape index (κ3) is 2.67. The first-order valence-corrected chi connectivity index (χ1v) is 7.81. The fourth-order valence-corrected chi connectivity index (χ4v) is 4.06. The van der Waals surface area contributed by atoms with Crippen molar-refractivity contribution in [3.63, 3.8) is 0 Å². The molecule has 19 heavy (non-hydrogen) atoms. The Morgan fingerprint density at radius 2 is 2.26 bits per heavy atom. The van der Waals surface area contributed by atoms with Gasteiger partial charge in [-0.3, -0.25) is 4.79 Å². The molecule has 1 aromatic rings. The molecule has 3 nitrogen and oxygen atoms in total. The summed E-state index contributed by atoms with van der Waals surface area (Å²) in [6.45, 7) is 0.977. The fourth-order valence-electron chi connectivity index (χ4n) is 3.28. The first-order valence-electron chi connectivity index (χ1n) is 6.64. The van der Waals surface area contributed by atoms with Crippen LogP contribution in [0.25, 0.3) is 0 Å². The molecule has 3 atom stereocenters. The highest BCUT2D eigenvalue weighted by atomic mass is 79.9. The van der Waals surface area contributed by atoms with Gasteiger partial charge in [0.1, 0.15) is 0 Å². The van der Waals surface area contributed by atoms with Crippen LogP contribution in [0.5, 0.6) is 0 Å². The van der Waals surface area contributed by atoms with Crippen LogP contribution >= 0.6 is 27.5 Å². The van der Waals surface area contributed by atoms with Crippen molar-refractivity contribution in [1.82, 2.24) is 5.32 Å². The number of hydrogen-bond acceptors (Lipinski definition) is 2. The Balaban J connectivity index is 1.71. The third-order valence-electron chi connectivity index (χ3n) is 4.22. The number of carbonyl (C=O) groups excluding carboxylic acids is 1. The van der Waals surface area contributed by atoms with Gasteiger partial charge >= 0.3 is 0 Å². The maximum atomic E-state index is 12.4. The number of carbonyl (C=O) groups is 1. The van der Waals surface area contributed by atoms with E-state index in [1.165, 1.54) is 12.8 Å². The molecule has 0 bridgehead atoms. The largest absolute Gasteiger partial charge is 0.324 e. The highest BCUT2D eigenvalue weighted by Gasteiger charge is 2.42. The Bertz CT molecular complexity index is 508. The third-order valence-corrected chi connectivity index (χ3v) is 5.11. The predicted molar refractivity (Wildman–Crippen MR) is 80.4 cm³/mol. The summed E-state index contributed by atoms with van der Waals surface area (Å²) >= 11 is 9.32. The van der Waals surface area contributed by atoms with Gasteiger partial charge in [-0.15, -0.1) is 0 Å². The quantitative estimate of drug-likeness (QED) is 0.864. The van der Waals surface area contributed by atoms with Gasteiger partial charge in [-0.1, -0.05) is 18.0 Å². The van der Waals surface area contributed by atoms with Crippen LogP contribution in [-0.2, 0) is 4.79 Å². The van der Waals surface area contributed by atoms with E-state index in [2.05, 4.69) is 26.6 Å². The summed E-state index contributed by atoms with van der Waals surface area (Å²) in [7, 11) is 0. The Labute approximate surface area is 126 Å². The van der Waals surface area contributed by atoms with Gasteiger partial charge in [-0.2, -0.15) is 0 Å². The standard InChI is InChI=1S/C14H16BrClN2O/c15-11-6-9(16)4-5-12(11)18-14(19)13-10-3-1-2-8(10)7-17-13/h4-6,8,10,13,17H,1-3,7H2,(H,18,19). The van der Waals surface area contributed by atoms with E-state index in [0.717, 1.165) is 23.1 Å². The maximum absolute atomic E-state index is 12.4. The van der Waals surface area contributed by atoms with Gasteiger partial charge in [0.25, 0.3) is 0 Å². The van der Waals surface area contributed by atoms with E-state index in [4.69, 9.17) is 11.6 Å². The highest BCUT2D eigenvalue weighted by molar-refractivity contribution is 9.10. The normalized spacial score (nSPS) is 29.3. The van der Waals surface area contributed by atoms with Crippen molar-refractivity contribution in [1.29, 1.82) is 0 Å². The van der Waals surface area contributed by atoms with Gasteiger partial charge in [-0.05, 0) is 65.4 Å². The predicted octanol–water partition coefficient (Wildman–Crippen LogP) is 3.43. The van der Waals surface area contributed by atoms with Crippen LogP contribution in [0, 0.1) is 11.8 Å². The second-order valence-electron chi connectivity index (χ2n) is 5.35. The van der Waals surface area contributed by atoms with Crippen LogP contribution in [0.1, 0.15) is 19.3 Å². The van der Waals surface area contributed by atoms with Crippen molar-refractivity contribution < 1.29 is 4.79 Å². The molecule has 0 spiro atoms. The van der Waals surface area contributed by atoms with Crippen LogP contribution in [0.4, 0.5) is 5.69 Å². The van der Waals surface area contributed by atoms with Crippen molar-refractivity contribution in [3.8, 4) is 0 Å². The van der Waals surface area contributed by atoms with Crippen molar-refractivity contribution in [2.24, 2.45) is 11.8 Å². The van der Waals surface area contributed by atoms with Gasteiger partial charge < -0.3 is 10.6 Å². The highest BCUT2D eigenvalue weighted by Crippen LogP contribution is 2.38. The number of halogens is 2. The van der Waals surface area contributed by atoms with E-state index >= 15 is 0 Å². The van der Waals surface area contributed by atoms with Crippen LogP contribution in [0.2, 0.25) is 5.02 Å². The number of rotatable bonds is 2. The summed E-state index contributed by atoms with van der Waals surface area (Å²) in [5.41, 5.74) is 0.776. The number of benzene rings is 1. The lowest BCUT2D eigenvalue weighted by atomic mass is 9.93. The molecule has 1 heterocycles. The molecule has 1 saturated carbocycles. The molecule has 1 saturated heterocycles. The lowest BCUT2D eigenvalue weighted by Crippen LogP contribution is -2.39. The zero-order valence-electron chi connectivity index (χ0n) is 10.5. The molecule has 102 valence electrons. The molecule has 0 aromatic heterocycles. The molecule has 3 unspecified atom stereocenters. The summed E-state index contributed by atoms with van der Waals surface area (Å²) in [5, 5.41) is 6.99. The van der Waals surface area contributed by atoms with E-state index < -0.39 is 0 Å². The van der Waals surface area contributed by atoms with Crippen molar-refractivity contribution in [3.05, 3.63) is 27.7 Å². The second-order valence-corrected chi connectivity index (χ2v) is 6.64. The van der Waals surface area contributed by atoms with E-state index in [0.29, 0.717) is 16.9 Å². The van der Waals surface area contributed by atoms with Gasteiger partial charge in [0, 0.05) is 9.50 Å². The second kappa shape index (κ2) is 5.43. The van der Waals surface area contributed by atoms with Gasteiger partial charge in [0.2, 0.25) is 5.91 Å². The number of hydrogen-bond donors (Lipinski definition) is 2. The van der Waals surface area contributed by atoms with Crippen LogP contribution in [0.3, 0.4) is 0 Å². The fraction of sp³-hybridized carbons (Fsp3) is 0.500. The molecular formula is C14H16BrClN2O. The monoisotopic (exact) mass is 342 g/mol. The maximum Gasteiger partial charge on any atom is 0.241 e. The van der Waals surface area contributed by atoms with E-state index in [1.807, 2.05) is 6.07 Å². The Hall–Kier alpha value is -0.580.